The highest BCUT2D eigenvalue weighted by atomic mass is 32.3. The zero-order valence-electron chi connectivity index (χ0n) is 23.2. The lowest BCUT2D eigenvalue weighted by atomic mass is 10.1. The lowest BCUT2D eigenvalue weighted by Gasteiger charge is -2.29. The van der Waals surface area contributed by atoms with Crippen molar-refractivity contribution >= 4 is 21.8 Å². The van der Waals surface area contributed by atoms with Gasteiger partial charge in [-0.2, -0.15) is 0 Å². The van der Waals surface area contributed by atoms with Gasteiger partial charge in [-0.15, -0.1) is 0 Å². The topological polar surface area (TPSA) is 125 Å². The van der Waals surface area contributed by atoms with E-state index < -0.39 is 15.8 Å². The number of carbonyl (C=O) groups is 1. The van der Waals surface area contributed by atoms with Crippen molar-refractivity contribution < 1.29 is 23.1 Å². The van der Waals surface area contributed by atoms with Crippen molar-refractivity contribution in [2.45, 2.75) is 38.6 Å². The normalized spacial score (nSPS) is 17.1. The Bertz CT molecular complexity index is 1420. The molecule has 216 valence electrons. The fourth-order valence-electron chi connectivity index (χ4n) is 4.78. The van der Waals surface area contributed by atoms with Gasteiger partial charge in [-0.25, -0.2) is 33.7 Å². The van der Waals surface area contributed by atoms with E-state index in [1.807, 2.05) is 6.92 Å². The molecule has 1 amide bonds. The first-order chi connectivity index (χ1) is 19.1. The number of carbonyl (C=O) groups excluding carboxylic acids is 1. The fourth-order valence-corrected chi connectivity index (χ4v) is 5.40. The van der Waals surface area contributed by atoms with E-state index >= 15 is 0 Å². The Kier molecular flexibility index (Phi) is 8.24. The molecule has 3 aromatic heterocycles. The SMILES string of the molecule is Cc1ncc(F)c2c1CC(NCCCc1cn(-c3cnc4c(n3)N(COCCS(C)(C)C)C(=O)CO4)c(=O)o1)C2. The summed E-state index contributed by atoms with van der Waals surface area (Å²) < 4.78 is 32.0. The number of oxazole rings is 1. The third-order valence-electron chi connectivity index (χ3n) is 6.99. The molecule has 1 aliphatic carbocycles. The van der Waals surface area contributed by atoms with E-state index in [1.54, 1.807) is 6.20 Å². The van der Waals surface area contributed by atoms with Gasteiger partial charge in [-0.3, -0.25) is 14.7 Å². The number of halogens is 1. The van der Waals surface area contributed by atoms with Crippen LogP contribution in [0.1, 0.15) is 29.0 Å². The molecule has 11 nitrogen and oxygen atoms in total. The van der Waals surface area contributed by atoms with Crippen LogP contribution in [0, 0.1) is 12.7 Å². The van der Waals surface area contributed by atoms with E-state index in [9.17, 15) is 14.0 Å². The Morgan fingerprint density at radius 2 is 1.98 bits per heavy atom. The van der Waals surface area contributed by atoms with Crippen molar-refractivity contribution in [3.63, 3.8) is 0 Å². The Morgan fingerprint density at radius 3 is 2.75 bits per heavy atom. The molecule has 1 aliphatic heterocycles. The van der Waals surface area contributed by atoms with Gasteiger partial charge in [0.25, 0.3) is 11.8 Å². The van der Waals surface area contributed by atoms with Crippen molar-refractivity contribution in [2.24, 2.45) is 0 Å². The van der Waals surface area contributed by atoms with Crippen LogP contribution in [0.4, 0.5) is 10.2 Å². The number of anilines is 1. The van der Waals surface area contributed by atoms with E-state index in [0.717, 1.165) is 35.4 Å². The minimum Gasteiger partial charge on any atom is -0.465 e. The summed E-state index contributed by atoms with van der Waals surface area (Å²) in [5.41, 5.74) is 2.62. The molecule has 0 bridgehead atoms. The van der Waals surface area contributed by atoms with Crippen LogP contribution in [0.5, 0.6) is 5.88 Å². The molecule has 0 aromatic carbocycles. The first-order valence-corrected chi connectivity index (χ1v) is 16.2. The molecule has 40 heavy (non-hydrogen) atoms. The molecule has 2 aliphatic rings. The van der Waals surface area contributed by atoms with Crippen molar-refractivity contribution in [3.8, 4) is 11.7 Å². The molecule has 3 aromatic rings. The van der Waals surface area contributed by atoms with Gasteiger partial charge in [0.05, 0.1) is 25.2 Å². The maximum Gasteiger partial charge on any atom is 0.425 e. The van der Waals surface area contributed by atoms with E-state index in [4.69, 9.17) is 13.9 Å². The number of amides is 1. The molecule has 1 unspecified atom stereocenters. The molecule has 1 atom stereocenters. The third kappa shape index (κ3) is 6.37. The van der Waals surface area contributed by atoms with Gasteiger partial charge in [-0.05, 0) is 62.6 Å². The first kappa shape index (κ1) is 28.2. The first-order valence-electron chi connectivity index (χ1n) is 13.2. The molecule has 5 rings (SSSR count). The number of aromatic nitrogens is 4. The zero-order chi connectivity index (χ0) is 28.4. The van der Waals surface area contributed by atoms with Crippen LogP contribution in [-0.2, 0) is 28.8 Å². The van der Waals surface area contributed by atoms with Crippen molar-refractivity contribution in [1.82, 2.24) is 24.8 Å². The Balaban J connectivity index is 1.19. The number of aryl methyl sites for hydroxylation is 2. The van der Waals surface area contributed by atoms with Gasteiger partial charge >= 0.3 is 5.76 Å². The summed E-state index contributed by atoms with van der Waals surface area (Å²) in [7, 11) is -0.723. The Morgan fingerprint density at radius 1 is 1.18 bits per heavy atom. The quantitative estimate of drug-likeness (QED) is 0.343. The summed E-state index contributed by atoms with van der Waals surface area (Å²) in [6.45, 7) is 2.98. The number of hydrogen-bond acceptors (Lipinski definition) is 9. The van der Waals surface area contributed by atoms with Crippen LogP contribution < -0.4 is 20.7 Å². The average molecular weight is 575 g/mol. The van der Waals surface area contributed by atoms with Gasteiger partial charge in [0.1, 0.15) is 18.3 Å². The van der Waals surface area contributed by atoms with E-state index in [2.05, 4.69) is 39.0 Å². The highest BCUT2D eigenvalue weighted by Gasteiger charge is 2.30. The summed E-state index contributed by atoms with van der Waals surface area (Å²) in [6.07, 6.45) is 13.5. The predicted molar refractivity (Wildman–Crippen MR) is 150 cm³/mol. The Hall–Kier alpha value is -3.29. The van der Waals surface area contributed by atoms with Crippen LogP contribution in [0.2, 0.25) is 0 Å². The number of hydrogen-bond donors (Lipinski definition) is 1. The number of pyridine rings is 1. The number of rotatable bonds is 11. The summed E-state index contributed by atoms with van der Waals surface area (Å²) >= 11 is 0. The maximum absolute atomic E-state index is 14.1. The number of fused-ring (bicyclic) bond motifs is 2. The maximum atomic E-state index is 14.1. The van der Waals surface area contributed by atoms with E-state index in [0.29, 0.717) is 31.8 Å². The fraction of sp³-hybridized carbons (Fsp3) is 0.519. The predicted octanol–water partition coefficient (Wildman–Crippen LogP) is 2.15. The van der Waals surface area contributed by atoms with Crippen molar-refractivity contribution in [3.05, 3.63) is 57.5 Å². The summed E-state index contributed by atoms with van der Waals surface area (Å²) in [5, 5.41) is 3.47. The molecule has 1 N–H and O–H groups in total. The summed E-state index contributed by atoms with van der Waals surface area (Å²) in [5.74, 6) is 0.905. The minimum absolute atomic E-state index is 0.0240. The molecule has 0 fully saturated rings. The molecule has 0 spiro atoms. The zero-order valence-corrected chi connectivity index (χ0v) is 24.1. The van der Waals surface area contributed by atoms with Crippen molar-refractivity contribution in [1.29, 1.82) is 0 Å². The highest BCUT2D eigenvalue weighted by molar-refractivity contribution is 8.32. The molecule has 0 saturated carbocycles. The second kappa shape index (κ2) is 11.7. The average Bonchev–Trinajstić information content (AvgIpc) is 3.51. The Labute approximate surface area is 233 Å². The lowest BCUT2D eigenvalue weighted by molar-refractivity contribution is -0.122. The van der Waals surface area contributed by atoms with Gasteiger partial charge in [0.15, 0.2) is 12.4 Å². The van der Waals surface area contributed by atoms with Crippen LogP contribution in [-0.4, -0.2) is 82.5 Å². The van der Waals surface area contributed by atoms with Crippen molar-refractivity contribution in [2.75, 3.05) is 55.9 Å². The highest BCUT2D eigenvalue weighted by Crippen LogP contribution is 2.34. The molecule has 4 heterocycles. The van der Waals surface area contributed by atoms with Crippen LogP contribution in [0.3, 0.4) is 0 Å². The third-order valence-corrected chi connectivity index (χ3v) is 8.38. The molecule has 13 heteroatoms. The largest absolute Gasteiger partial charge is 0.465 e. The van der Waals surface area contributed by atoms with E-state index in [1.165, 1.54) is 21.9 Å². The smallest absolute Gasteiger partial charge is 0.425 e. The van der Waals surface area contributed by atoms with Gasteiger partial charge < -0.3 is 19.2 Å². The summed E-state index contributed by atoms with van der Waals surface area (Å²) in [4.78, 5) is 39.5. The van der Waals surface area contributed by atoms with E-state index in [-0.39, 0.29) is 48.6 Å². The second-order valence-corrected chi connectivity index (χ2v) is 15.5. The lowest BCUT2D eigenvalue weighted by Crippen LogP contribution is -2.41. The summed E-state index contributed by atoms with van der Waals surface area (Å²) in [6, 6.07) is 0.154. The van der Waals surface area contributed by atoms with Crippen LogP contribution >= 0.6 is 10.0 Å². The molecule has 0 radical (unpaired) electrons. The van der Waals surface area contributed by atoms with Crippen LogP contribution in [0.25, 0.3) is 5.82 Å². The monoisotopic (exact) mass is 574 g/mol. The van der Waals surface area contributed by atoms with Gasteiger partial charge in [-0.1, -0.05) is 0 Å². The molecular formula is C27H35FN6O5S. The second-order valence-electron chi connectivity index (χ2n) is 10.9. The van der Waals surface area contributed by atoms with Gasteiger partial charge in [0, 0.05) is 23.9 Å². The van der Waals surface area contributed by atoms with Gasteiger partial charge in [0.2, 0.25) is 5.82 Å². The van der Waals surface area contributed by atoms with Crippen LogP contribution in [0.15, 0.2) is 27.8 Å². The minimum atomic E-state index is -0.723. The number of ether oxygens (including phenoxy) is 2. The standard InChI is InChI=1S/C27H35FN6O5S/c1-17-20-10-18(11-21(20)22(28)12-30-17)29-7-5-6-19-14-33(27(36)39-19)23-13-31-26-25(32-23)34(24(35)15-38-26)16-37-8-9-40(2,3)4/h12-14,18,29H,5-11,15-16H2,1-4H3. The number of nitrogens with one attached hydrogen (secondary N) is 1. The number of nitrogens with zero attached hydrogens (tertiary/aromatic N) is 5. The molecule has 0 saturated heterocycles. The molecular weight excluding hydrogens is 539 g/mol.